The third-order valence-electron chi connectivity index (χ3n) is 2.81. The Hall–Kier alpha value is -1.62. The molecule has 0 saturated carbocycles. The minimum absolute atomic E-state index is 0.398. The molecule has 0 aromatic carbocycles. The van der Waals surface area contributed by atoms with Gasteiger partial charge in [-0.3, -0.25) is 4.79 Å². The minimum Gasteiger partial charge on any atom is -0.388 e. The van der Waals surface area contributed by atoms with Gasteiger partial charge in [0.05, 0.1) is 11.2 Å². The van der Waals surface area contributed by atoms with E-state index in [0.717, 1.165) is 18.8 Å². The monoisotopic (exact) mass is 221 g/mol. The van der Waals surface area contributed by atoms with Crippen molar-refractivity contribution in [2.45, 2.75) is 18.9 Å². The second-order valence-corrected chi connectivity index (χ2v) is 4.44. The number of nitrogens with zero attached hydrogens (tertiary/aromatic N) is 2. The molecule has 1 fully saturated rings. The second kappa shape index (κ2) is 3.75. The first kappa shape index (κ1) is 10.9. The predicted octanol–water partition coefficient (Wildman–Crippen LogP) is 0.142. The first-order chi connectivity index (χ1) is 7.48. The fourth-order valence-corrected chi connectivity index (χ4v) is 1.86. The molecule has 0 spiro atoms. The van der Waals surface area contributed by atoms with Crippen molar-refractivity contribution in [1.82, 2.24) is 4.98 Å². The number of aliphatic hydroxyl groups is 1. The van der Waals surface area contributed by atoms with Gasteiger partial charge in [-0.05, 0) is 25.5 Å². The van der Waals surface area contributed by atoms with Crippen molar-refractivity contribution in [3.63, 3.8) is 0 Å². The highest BCUT2D eigenvalue weighted by Crippen LogP contribution is 2.24. The van der Waals surface area contributed by atoms with Crippen molar-refractivity contribution in [1.29, 1.82) is 0 Å². The van der Waals surface area contributed by atoms with Gasteiger partial charge in [0.15, 0.2) is 0 Å². The molecule has 1 aromatic rings. The van der Waals surface area contributed by atoms with Gasteiger partial charge in [-0.15, -0.1) is 0 Å². The van der Waals surface area contributed by atoms with Gasteiger partial charge in [0, 0.05) is 19.3 Å². The lowest BCUT2D eigenvalue weighted by Gasteiger charge is -2.19. The van der Waals surface area contributed by atoms with E-state index < -0.39 is 11.5 Å². The maximum Gasteiger partial charge on any atom is 0.250 e. The van der Waals surface area contributed by atoms with Crippen LogP contribution in [0.5, 0.6) is 0 Å². The molecule has 5 nitrogen and oxygen atoms in total. The lowest BCUT2D eigenvalue weighted by Crippen LogP contribution is -2.30. The number of β-amino-alcohol motifs (C(OH)–C–C–N with tert-alkyl or cyclic N) is 1. The van der Waals surface area contributed by atoms with Crippen LogP contribution in [0.3, 0.4) is 0 Å². The van der Waals surface area contributed by atoms with E-state index in [1.807, 2.05) is 11.8 Å². The summed E-state index contributed by atoms with van der Waals surface area (Å²) in [5, 5.41) is 9.83. The highest BCUT2D eigenvalue weighted by molar-refractivity contribution is 5.92. The summed E-state index contributed by atoms with van der Waals surface area (Å²) in [4.78, 5) is 17.0. The molecule has 1 aliphatic heterocycles. The lowest BCUT2D eigenvalue weighted by molar-refractivity contribution is 0.0838. The molecule has 3 N–H and O–H groups in total. The second-order valence-electron chi connectivity index (χ2n) is 4.44. The van der Waals surface area contributed by atoms with Gasteiger partial charge in [-0.25, -0.2) is 4.98 Å². The Morgan fingerprint density at radius 1 is 1.62 bits per heavy atom. The van der Waals surface area contributed by atoms with Crippen molar-refractivity contribution in [3.05, 3.63) is 23.9 Å². The SMILES string of the molecule is CC1(O)CCN(c2ccc(C(N)=O)cn2)C1. The predicted molar refractivity (Wildman–Crippen MR) is 60.2 cm³/mol. The van der Waals surface area contributed by atoms with E-state index in [2.05, 4.69) is 4.98 Å². The van der Waals surface area contributed by atoms with Crippen molar-refractivity contribution < 1.29 is 9.90 Å². The number of anilines is 1. The molecule has 2 rings (SSSR count). The number of hydrogen-bond donors (Lipinski definition) is 2. The fourth-order valence-electron chi connectivity index (χ4n) is 1.86. The number of carbonyl (C=O) groups is 1. The van der Waals surface area contributed by atoms with Crippen LogP contribution in [0.1, 0.15) is 23.7 Å². The Bertz CT molecular complexity index is 400. The molecule has 5 heteroatoms. The van der Waals surface area contributed by atoms with Crippen molar-refractivity contribution in [2.24, 2.45) is 5.73 Å². The van der Waals surface area contributed by atoms with Gasteiger partial charge in [0.25, 0.3) is 0 Å². The molecule has 0 bridgehead atoms. The molecule has 16 heavy (non-hydrogen) atoms. The van der Waals surface area contributed by atoms with Crippen molar-refractivity contribution >= 4 is 11.7 Å². The molecule has 2 heterocycles. The highest BCUT2D eigenvalue weighted by Gasteiger charge is 2.31. The normalized spacial score (nSPS) is 24.8. The van der Waals surface area contributed by atoms with Crippen LogP contribution < -0.4 is 10.6 Å². The zero-order chi connectivity index (χ0) is 11.8. The molecular formula is C11H15N3O2. The Morgan fingerprint density at radius 3 is 2.81 bits per heavy atom. The summed E-state index contributed by atoms with van der Waals surface area (Å²) in [6.45, 7) is 3.15. The molecule has 1 unspecified atom stereocenters. The van der Waals surface area contributed by atoms with Crippen LogP contribution >= 0.6 is 0 Å². The van der Waals surface area contributed by atoms with Crippen LogP contribution in [0.4, 0.5) is 5.82 Å². The summed E-state index contributed by atoms with van der Waals surface area (Å²) in [6.07, 6.45) is 2.19. The van der Waals surface area contributed by atoms with E-state index in [-0.39, 0.29) is 0 Å². The lowest BCUT2D eigenvalue weighted by atomic mass is 10.1. The Labute approximate surface area is 93.9 Å². The average molecular weight is 221 g/mol. The topological polar surface area (TPSA) is 79.5 Å². The van der Waals surface area contributed by atoms with E-state index in [1.165, 1.54) is 6.20 Å². The summed E-state index contributed by atoms with van der Waals surface area (Å²) in [5.41, 5.74) is 4.88. The standard InChI is InChI=1S/C11H15N3O2/c1-11(16)4-5-14(7-11)9-3-2-8(6-13-9)10(12)15/h2-3,6,16H,4-5,7H2,1H3,(H2,12,15). The van der Waals surface area contributed by atoms with E-state index >= 15 is 0 Å². The molecule has 1 saturated heterocycles. The maximum absolute atomic E-state index is 10.9. The Morgan fingerprint density at radius 2 is 2.38 bits per heavy atom. The minimum atomic E-state index is -0.649. The molecule has 1 amide bonds. The molecule has 0 aliphatic carbocycles. The zero-order valence-electron chi connectivity index (χ0n) is 9.18. The first-order valence-electron chi connectivity index (χ1n) is 5.21. The van der Waals surface area contributed by atoms with Crippen LogP contribution in [0.25, 0.3) is 0 Å². The van der Waals surface area contributed by atoms with Gasteiger partial charge in [-0.1, -0.05) is 0 Å². The number of primary amides is 1. The summed E-state index contributed by atoms with van der Waals surface area (Å²) < 4.78 is 0. The molecule has 1 aliphatic rings. The molecule has 86 valence electrons. The van der Waals surface area contributed by atoms with E-state index in [4.69, 9.17) is 5.73 Å². The van der Waals surface area contributed by atoms with Crippen LogP contribution in [0.2, 0.25) is 0 Å². The number of aromatic nitrogens is 1. The van der Waals surface area contributed by atoms with Crippen molar-refractivity contribution in [2.75, 3.05) is 18.0 Å². The number of nitrogens with two attached hydrogens (primary N) is 1. The first-order valence-corrected chi connectivity index (χ1v) is 5.21. The number of hydrogen-bond acceptors (Lipinski definition) is 4. The van der Waals surface area contributed by atoms with Crippen LogP contribution in [0, 0.1) is 0 Å². The zero-order valence-corrected chi connectivity index (χ0v) is 9.18. The smallest absolute Gasteiger partial charge is 0.250 e. The van der Waals surface area contributed by atoms with E-state index in [1.54, 1.807) is 12.1 Å². The van der Waals surface area contributed by atoms with Gasteiger partial charge < -0.3 is 15.7 Å². The summed E-state index contributed by atoms with van der Waals surface area (Å²) in [5.74, 6) is 0.287. The molecule has 1 atom stereocenters. The highest BCUT2D eigenvalue weighted by atomic mass is 16.3. The van der Waals surface area contributed by atoms with E-state index in [9.17, 15) is 9.90 Å². The third-order valence-corrected chi connectivity index (χ3v) is 2.81. The Kier molecular flexibility index (Phi) is 2.55. The average Bonchev–Trinajstić information content (AvgIpc) is 2.59. The maximum atomic E-state index is 10.9. The largest absolute Gasteiger partial charge is 0.388 e. The number of amides is 1. The van der Waals surface area contributed by atoms with Crippen LogP contribution in [-0.2, 0) is 0 Å². The van der Waals surface area contributed by atoms with Gasteiger partial charge in [0.1, 0.15) is 5.82 Å². The quantitative estimate of drug-likeness (QED) is 0.744. The number of rotatable bonds is 2. The number of carbonyl (C=O) groups excluding carboxylic acids is 1. The van der Waals surface area contributed by atoms with Crippen LogP contribution in [0.15, 0.2) is 18.3 Å². The van der Waals surface area contributed by atoms with Gasteiger partial charge >= 0.3 is 0 Å². The Balaban J connectivity index is 2.14. The summed E-state index contributed by atoms with van der Waals surface area (Å²) >= 11 is 0. The van der Waals surface area contributed by atoms with Crippen LogP contribution in [-0.4, -0.2) is 34.7 Å². The van der Waals surface area contributed by atoms with Gasteiger partial charge in [0.2, 0.25) is 5.91 Å². The van der Waals surface area contributed by atoms with E-state index in [0.29, 0.717) is 12.1 Å². The summed E-state index contributed by atoms with van der Waals surface area (Å²) in [6, 6.07) is 3.40. The fraction of sp³-hybridized carbons (Fsp3) is 0.455. The summed E-state index contributed by atoms with van der Waals surface area (Å²) in [7, 11) is 0. The molecule has 1 aromatic heterocycles. The number of pyridine rings is 1. The molecule has 0 radical (unpaired) electrons. The van der Waals surface area contributed by atoms with Gasteiger partial charge in [-0.2, -0.15) is 0 Å². The van der Waals surface area contributed by atoms with Crippen molar-refractivity contribution in [3.8, 4) is 0 Å². The third kappa shape index (κ3) is 2.14. The molecular weight excluding hydrogens is 206 g/mol.